The molecule has 2 unspecified atom stereocenters. The summed E-state index contributed by atoms with van der Waals surface area (Å²) in [6.07, 6.45) is 9.35. The number of anilines is 1. The van der Waals surface area contributed by atoms with Crippen molar-refractivity contribution in [2.24, 2.45) is 0 Å². The predicted molar refractivity (Wildman–Crippen MR) is 158 cm³/mol. The van der Waals surface area contributed by atoms with Gasteiger partial charge in [-0.3, -0.25) is 9.59 Å². The molecule has 2 atom stereocenters. The second kappa shape index (κ2) is 15.7. The summed E-state index contributed by atoms with van der Waals surface area (Å²) in [5.74, 6) is 1.56. The SMILES string of the molecule is C#Cc1ccc(C(C(=O)Nc2ccccc2C)N(CCCCCCC)C(=O)C(CO)NC(=O)OC(C)(C)C)cc1. The van der Waals surface area contributed by atoms with Gasteiger partial charge in [-0.1, -0.05) is 68.9 Å². The molecule has 0 aliphatic carbocycles. The molecule has 0 aliphatic heterocycles. The van der Waals surface area contributed by atoms with Crippen LogP contribution in [-0.4, -0.2) is 52.7 Å². The van der Waals surface area contributed by atoms with E-state index in [2.05, 4.69) is 23.5 Å². The number of aryl methyl sites for hydroxylation is 1. The van der Waals surface area contributed by atoms with Gasteiger partial charge in [-0.15, -0.1) is 6.42 Å². The van der Waals surface area contributed by atoms with E-state index in [9.17, 15) is 19.5 Å². The van der Waals surface area contributed by atoms with Crippen LogP contribution in [0.1, 0.15) is 82.5 Å². The monoisotopic (exact) mass is 549 g/mol. The fourth-order valence-corrected chi connectivity index (χ4v) is 4.24. The van der Waals surface area contributed by atoms with Gasteiger partial charge in [0.1, 0.15) is 17.7 Å². The van der Waals surface area contributed by atoms with Crippen molar-refractivity contribution in [3.63, 3.8) is 0 Å². The lowest BCUT2D eigenvalue weighted by molar-refractivity contribution is -0.141. The van der Waals surface area contributed by atoms with Crippen molar-refractivity contribution in [2.45, 2.75) is 84.4 Å². The summed E-state index contributed by atoms with van der Waals surface area (Å²) < 4.78 is 5.31. The number of ether oxygens (including phenoxy) is 1. The number of hydrogen-bond donors (Lipinski definition) is 3. The number of aliphatic hydroxyl groups is 1. The molecule has 8 nitrogen and oxygen atoms in total. The summed E-state index contributed by atoms with van der Waals surface area (Å²) in [6, 6.07) is 11.9. The number of hydrogen-bond acceptors (Lipinski definition) is 5. The summed E-state index contributed by atoms with van der Waals surface area (Å²) in [7, 11) is 0. The van der Waals surface area contributed by atoms with Crippen LogP contribution in [-0.2, 0) is 14.3 Å². The normalized spacial score (nSPS) is 12.5. The molecule has 0 heterocycles. The van der Waals surface area contributed by atoms with Gasteiger partial charge in [0.25, 0.3) is 5.91 Å². The molecule has 2 rings (SSSR count). The number of amides is 3. The fourth-order valence-electron chi connectivity index (χ4n) is 4.24. The van der Waals surface area contributed by atoms with Crippen LogP contribution in [0.25, 0.3) is 0 Å². The average Bonchev–Trinajstić information content (AvgIpc) is 2.91. The lowest BCUT2D eigenvalue weighted by Gasteiger charge is -2.34. The van der Waals surface area contributed by atoms with Crippen molar-refractivity contribution in [3.05, 3.63) is 65.2 Å². The molecule has 3 N–H and O–H groups in total. The highest BCUT2D eigenvalue weighted by Gasteiger charge is 2.36. The van der Waals surface area contributed by atoms with Crippen LogP contribution in [0.2, 0.25) is 0 Å². The van der Waals surface area contributed by atoms with E-state index >= 15 is 0 Å². The number of nitrogens with zero attached hydrogens (tertiary/aromatic N) is 1. The van der Waals surface area contributed by atoms with E-state index in [1.54, 1.807) is 51.1 Å². The Labute approximate surface area is 238 Å². The highest BCUT2D eigenvalue weighted by Crippen LogP contribution is 2.26. The molecule has 0 radical (unpaired) electrons. The Hall–Kier alpha value is -3.83. The molecule has 3 amide bonds. The molecule has 0 spiro atoms. The third-order valence-electron chi connectivity index (χ3n) is 6.31. The zero-order valence-electron chi connectivity index (χ0n) is 24.3. The zero-order valence-corrected chi connectivity index (χ0v) is 24.3. The fraction of sp³-hybridized carbons (Fsp3) is 0.469. The van der Waals surface area contributed by atoms with Crippen LogP contribution < -0.4 is 10.6 Å². The average molecular weight is 550 g/mol. The zero-order chi connectivity index (χ0) is 29.7. The second-order valence-electron chi connectivity index (χ2n) is 10.8. The number of alkyl carbamates (subject to hydrolysis) is 1. The minimum Gasteiger partial charge on any atom is -0.444 e. The number of carbonyl (C=O) groups excluding carboxylic acids is 3. The molecule has 0 aromatic heterocycles. The quantitative estimate of drug-likeness (QED) is 0.231. The van der Waals surface area contributed by atoms with Crippen LogP contribution in [0.4, 0.5) is 10.5 Å². The van der Waals surface area contributed by atoms with Crippen LogP contribution >= 0.6 is 0 Å². The molecule has 40 heavy (non-hydrogen) atoms. The summed E-state index contributed by atoms with van der Waals surface area (Å²) in [6.45, 7) is 8.71. The minimum absolute atomic E-state index is 0.248. The van der Waals surface area contributed by atoms with E-state index in [1.807, 2.05) is 25.1 Å². The maximum Gasteiger partial charge on any atom is 0.408 e. The predicted octanol–water partition coefficient (Wildman–Crippen LogP) is 5.34. The van der Waals surface area contributed by atoms with E-state index in [4.69, 9.17) is 11.2 Å². The highest BCUT2D eigenvalue weighted by molar-refractivity contribution is 5.99. The van der Waals surface area contributed by atoms with Gasteiger partial charge in [0.2, 0.25) is 5.91 Å². The molecule has 216 valence electrons. The van der Waals surface area contributed by atoms with Gasteiger partial charge in [-0.05, 0) is 63.4 Å². The van der Waals surface area contributed by atoms with Crippen molar-refractivity contribution in [2.75, 3.05) is 18.5 Å². The lowest BCUT2D eigenvalue weighted by atomic mass is 10.00. The maximum atomic E-state index is 13.9. The first kappa shape index (κ1) is 32.4. The number of para-hydroxylation sites is 1. The van der Waals surface area contributed by atoms with E-state index in [1.165, 1.54) is 4.90 Å². The van der Waals surface area contributed by atoms with Crippen LogP contribution in [0.15, 0.2) is 48.5 Å². The number of rotatable bonds is 13. The Morgan fingerprint density at radius 1 is 1.02 bits per heavy atom. The first-order chi connectivity index (χ1) is 19.0. The Balaban J connectivity index is 2.49. The first-order valence-corrected chi connectivity index (χ1v) is 13.8. The van der Waals surface area contributed by atoms with Crippen molar-refractivity contribution in [1.29, 1.82) is 0 Å². The number of carbonyl (C=O) groups is 3. The third-order valence-corrected chi connectivity index (χ3v) is 6.31. The first-order valence-electron chi connectivity index (χ1n) is 13.8. The van der Waals surface area contributed by atoms with Crippen LogP contribution in [0.3, 0.4) is 0 Å². The van der Waals surface area contributed by atoms with Crippen molar-refractivity contribution >= 4 is 23.6 Å². The van der Waals surface area contributed by atoms with Crippen molar-refractivity contribution in [1.82, 2.24) is 10.2 Å². The Morgan fingerprint density at radius 3 is 2.25 bits per heavy atom. The number of nitrogens with one attached hydrogen (secondary N) is 2. The van der Waals surface area contributed by atoms with Gasteiger partial charge in [0.15, 0.2) is 0 Å². The second-order valence-corrected chi connectivity index (χ2v) is 10.8. The number of benzene rings is 2. The lowest BCUT2D eigenvalue weighted by Crippen LogP contribution is -2.54. The standard InChI is InChI=1S/C32H43N3O5/c1-7-9-10-11-14-21-35(30(38)27(22-36)34-31(39)40-32(4,5)6)28(25-19-17-24(8-2)18-20-25)29(37)33-26-16-13-12-15-23(26)3/h2,12-13,15-20,27-28,36H,7,9-11,14,21-22H2,1,3-6H3,(H,33,37)(H,34,39). The Kier molecular flexibility index (Phi) is 12.7. The molecule has 0 saturated heterocycles. The molecule has 0 fully saturated rings. The maximum absolute atomic E-state index is 13.9. The molecule has 0 saturated carbocycles. The molecule has 0 aliphatic rings. The van der Waals surface area contributed by atoms with Crippen LogP contribution in [0.5, 0.6) is 0 Å². The van der Waals surface area contributed by atoms with Gasteiger partial charge in [0, 0.05) is 17.8 Å². The largest absolute Gasteiger partial charge is 0.444 e. The van der Waals surface area contributed by atoms with E-state index in [0.717, 1.165) is 31.2 Å². The Morgan fingerprint density at radius 2 is 1.68 bits per heavy atom. The minimum atomic E-state index is -1.30. The summed E-state index contributed by atoms with van der Waals surface area (Å²) in [5, 5.41) is 15.6. The summed E-state index contributed by atoms with van der Waals surface area (Å²) in [4.78, 5) is 41.8. The third kappa shape index (κ3) is 10.0. The van der Waals surface area contributed by atoms with E-state index in [0.29, 0.717) is 23.2 Å². The van der Waals surface area contributed by atoms with Gasteiger partial charge in [0.05, 0.1) is 6.61 Å². The molecule has 0 bridgehead atoms. The molecular formula is C32H43N3O5. The molecular weight excluding hydrogens is 506 g/mol. The van der Waals surface area contributed by atoms with Crippen LogP contribution in [0, 0.1) is 19.3 Å². The van der Waals surface area contributed by atoms with Crippen molar-refractivity contribution in [3.8, 4) is 12.3 Å². The van der Waals surface area contributed by atoms with E-state index in [-0.39, 0.29) is 6.54 Å². The smallest absolute Gasteiger partial charge is 0.408 e. The Bertz CT molecular complexity index is 1160. The number of aliphatic hydroxyl groups excluding tert-OH is 1. The van der Waals surface area contributed by atoms with Gasteiger partial charge in [-0.2, -0.15) is 0 Å². The van der Waals surface area contributed by atoms with Gasteiger partial charge in [-0.25, -0.2) is 4.79 Å². The summed E-state index contributed by atoms with van der Waals surface area (Å²) in [5.41, 5.74) is 1.90. The number of terminal acetylenes is 1. The van der Waals surface area contributed by atoms with E-state index < -0.39 is 42.2 Å². The molecule has 2 aromatic rings. The molecule has 2 aromatic carbocycles. The number of unbranched alkanes of at least 4 members (excludes halogenated alkanes) is 4. The highest BCUT2D eigenvalue weighted by atomic mass is 16.6. The van der Waals surface area contributed by atoms with Gasteiger partial charge >= 0.3 is 6.09 Å². The molecule has 8 heteroatoms. The topological polar surface area (TPSA) is 108 Å². The summed E-state index contributed by atoms with van der Waals surface area (Å²) >= 11 is 0. The van der Waals surface area contributed by atoms with Gasteiger partial charge < -0.3 is 25.4 Å². The van der Waals surface area contributed by atoms with Crippen molar-refractivity contribution < 1.29 is 24.2 Å².